The molecule has 1 aromatic carbocycles. The number of benzene rings is 1. The van der Waals surface area contributed by atoms with Crippen LogP contribution in [0.1, 0.15) is 19.0 Å². The summed E-state index contributed by atoms with van der Waals surface area (Å²) in [6.07, 6.45) is -3.10. The summed E-state index contributed by atoms with van der Waals surface area (Å²) in [5.41, 5.74) is 4.83. The van der Waals surface area contributed by atoms with Crippen LogP contribution in [0.3, 0.4) is 0 Å². The molecule has 2 amide bonds. The predicted molar refractivity (Wildman–Crippen MR) is 89.8 cm³/mol. The number of rotatable bonds is 7. The average molecular weight is 367 g/mol. The van der Waals surface area contributed by atoms with Gasteiger partial charge in [0.1, 0.15) is 11.7 Å². The third kappa shape index (κ3) is 4.41. The zero-order valence-corrected chi connectivity index (χ0v) is 13.9. The first kappa shape index (κ1) is 19.5. The second-order valence-electron chi connectivity index (χ2n) is 5.47. The Morgan fingerprint density at radius 2 is 1.96 bits per heavy atom. The van der Waals surface area contributed by atoms with E-state index in [-0.39, 0.29) is 12.2 Å². The quantitative estimate of drug-likeness (QED) is 0.570. The molecule has 0 radical (unpaired) electrons. The van der Waals surface area contributed by atoms with Crippen molar-refractivity contribution < 1.29 is 23.5 Å². The Labute approximate surface area is 148 Å². The monoisotopic (exact) mass is 367 g/mol. The van der Waals surface area contributed by atoms with E-state index in [1.165, 1.54) is 6.92 Å². The first-order valence-corrected chi connectivity index (χ1v) is 7.75. The SMILES string of the molecule is C[C@H](O)[C@@H](NC(=O)CN)C(=O)Nc1cnn(-c2ccccc2)c1C(F)F. The molecule has 2 rings (SSSR count). The van der Waals surface area contributed by atoms with Gasteiger partial charge < -0.3 is 21.5 Å². The zero-order chi connectivity index (χ0) is 19.3. The van der Waals surface area contributed by atoms with Gasteiger partial charge in [0.2, 0.25) is 11.8 Å². The lowest BCUT2D eigenvalue weighted by Gasteiger charge is -2.20. The Hall–Kier alpha value is -2.85. The second-order valence-corrected chi connectivity index (χ2v) is 5.47. The van der Waals surface area contributed by atoms with E-state index < -0.39 is 36.1 Å². The maximum absolute atomic E-state index is 13.5. The third-order valence-electron chi connectivity index (χ3n) is 3.54. The van der Waals surface area contributed by atoms with Crippen LogP contribution >= 0.6 is 0 Å². The van der Waals surface area contributed by atoms with Crippen LogP contribution in [-0.2, 0) is 9.59 Å². The Morgan fingerprint density at radius 1 is 1.31 bits per heavy atom. The Kier molecular flexibility index (Phi) is 6.36. The maximum Gasteiger partial charge on any atom is 0.282 e. The van der Waals surface area contributed by atoms with Gasteiger partial charge in [0, 0.05) is 0 Å². The van der Waals surface area contributed by atoms with Crippen LogP contribution < -0.4 is 16.4 Å². The number of hydrogen-bond donors (Lipinski definition) is 4. The molecular formula is C16H19F2N5O3. The largest absolute Gasteiger partial charge is 0.391 e. The van der Waals surface area contributed by atoms with Crippen molar-refractivity contribution in [2.75, 3.05) is 11.9 Å². The highest BCUT2D eigenvalue weighted by molar-refractivity contribution is 5.98. The number of halogens is 2. The Morgan fingerprint density at radius 3 is 2.50 bits per heavy atom. The number of carbonyl (C=O) groups excluding carboxylic acids is 2. The topological polar surface area (TPSA) is 122 Å². The predicted octanol–water partition coefficient (Wildman–Crippen LogP) is 0.573. The zero-order valence-electron chi connectivity index (χ0n) is 13.9. The molecule has 8 nitrogen and oxygen atoms in total. The summed E-state index contributed by atoms with van der Waals surface area (Å²) < 4.78 is 28.1. The van der Waals surface area contributed by atoms with Crippen LogP contribution in [0, 0.1) is 0 Å². The molecule has 0 spiro atoms. The van der Waals surface area contributed by atoms with Gasteiger partial charge in [-0.05, 0) is 19.1 Å². The molecule has 0 aliphatic carbocycles. The fraction of sp³-hybridized carbons (Fsp3) is 0.312. The van der Waals surface area contributed by atoms with Gasteiger partial charge in [-0.15, -0.1) is 0 Å². The summed E-state index contributed by atoms with van der Waals surface area (Å²) in [6.45, 7) is 0.896. The Balaban J connectivity index is 2.30. The first-order valence-electron chi connectivity index (χ1n) is 7.75. The van der Waals surface area contributed by atoms with Gasteiger partial charge in [-0.25, -0.2) is 13.5 Å². The van der Waals surface area contributed by atoms with Crippen molar-refractivity contribution in [3.63, 3.8) is 0 Å². The van der Waals surface area contributed by atoms with Crippen molar-refractivity contribution in [3.05, 3.63) is 42.2 Å². The lowest BCUT2D eigenvalue weighted by atomic mass is 10.1. The van der Waals surface area contributed by atoms with Crippen LogP contribution in [0.5, 0.6) is 0 Å². The van der Waals surface area contributed by atoms with Gasteiger partial charge >= 0.3 is 0 Å². The molecule has 0 fully saturated rings. The molecule has 10 heteroatoms. The van der Waals surface area contributed by atoms with E-state index in [1.807, 2.05) is 0 Å². The van der Waals surface area contributed by atoms with E-state index in [2.05, 4.69) is 15.7 Å². The molecular weight excluding hydrogens is 348 g/mol. The number of carbonyl (C=O) groups is 2. The molecule has 0 aliphatic heterocycles. The number of nitrogens with two attached hydrogens (primary N) is 1. The molecule has 0 unspecified atom stereocenters. The molecule has 140 valence electrons. The molecule has 1 heterocycles. The summed E-state index contributed by atoms with van der Waals surface area (Å²) in [5, 5.41) is 18.1. The molecule has 5 N–H and O–H groups in total. The fourth-order valence-electron chi connectivity index (χ4n) is 2.29. The lowest BCUT2D eigenvalue weighted by molar-refractivity contribution is -0.127. The van der Waals surface area contributed by atoms with Gasteiger partial charge in [0.05, 0.1) is 30.2 Å². The van der Waals surface area contributed by atoms with Crippen molar-refractivity contribution in [3.8, 4) is 5.69 Å². The molecule has 0 saturated carbocycles. The molecule has 0 saturated heterocycles. The van der Waals surface area contributed by atoms with Crippen molar-refractivity contribution in [2.45, 2.75) is 25.5 Å². The highest BCUT2D eigenvalue weighted by Crippen LogP contribution is 2.29. The molecule has 0 bridgehead atoms. The van der Waals surface area contributed by atoms with Crippen LogP contribution in [0.25, 0.3) is 5.69 Å². The minimum Gasteiger partial charge on any atom is -0.391 e. The number of alkyl halides is 2. The van der Waals surface area contributed by atoms with E-state index in [0.717, 1.165) is 10.9 Å². The van der Waals surface area contributed by atoms with Crippen molar-refractivity contribution in [1.82, 2.24) is 15.1 Å². The van der Waals surface area contributed by atoms with E-state index in [0.29, 0.717) is 5.69 Å². The number of aliphatic hydroxyl groups excluding tert-OH is 1. The average Bonchev–Trinajstić information content (AvgIpc) is 3.03. The van der Waals surface area contributed by atoms with Gasteiger partial charge in [0.25, 0.3) is 6.43 Å². The summed E-state index contributed by atoms with van der Waals surface area (Å²) in [6, 6.07) is 6.88. The number of nitrogens with one attached hydrogen (secondary N) is 2. The van der Waals surface area contributed by atoms with Gasteiger partial charge in [-0.3, -0.25) is 9.59 Å². The molecule has 1 aromatic heterocycles. The van der Waals surface area contributed by atoms with E-state index >= 15 is 0 Å². The number of nitrogens with zero attached hydrogens (tertiary/aromatic N) is 2. The molecule has 2 aromatic rings. The summed E-state index contributed by atoms with van der Waals surface area (Å²) in [5.74, 6) is -1.53. The van der Waals surface area contributed by atoms with E-state index in [4.69, 9.17) is 5.73 Å². The number of para-hydroxylation sites is 1. The third-order valence-corrected chi connectivity index (χ3v) is 3.54. The standard InChI is InChI=1S/C16H19F2N5O3/c1-9(24)13(22-12(25)7-19)16(26)21-11-8-20-23(14(11)15(17)18)10-5-3-2-4-6-10/h2-6,8-9,13,15,24H,7,19H2,1H3,(H,21,26)(H,22,25)/t9-,13+/m0/s1. The summed E-state index contributed by atoms with van der Waals surface area (Å²) >= 11 is 0. The van der Waals surface area contributed by atoms with Crippen molar-refractivity contribution in [2.24, 2.45) is 5.73 Å². The van der Waals surface area contributed by atoms with Crippen LogP contribution in [0.4, 0.5) is 14.5 Å². The smallest absolute Gasteiger partial charge is 0.282 e. The highest BCUT2D eigenvalue weighted by Gasteiger charge is 2.28. The summed E-state index contributed by atoms with van der Waals surface area (Å²) in [4.78, 5) is 23.7. The Bertz CT molecular complexity index is 765. The maximum atomic E-state index is 13.5. The number of aromatic nitrogens is 2. The van der Waals surface area contributed by atoms with Crippen LogP contribution in [0.15, 0.2) is 36.5 Å². The van der Waals surface area contributed by atoms with E-state index in [1.54, 1.807) is 30.3 Å². The van der Waals surface area contributed by atoms with Gasteiger partial charge in [-0.2, -0.15) is 5.10 Å². The molecule has 0 aliphatic rings. The second kappa shape index (κ2) is 8.50. The van der Waals surface area contributed by atoms with Crippen LogP contribution in [-0.4, -0.2) is 45.4 Å². The fourth-order valence-corrected chi connectivity index (χ4v) is 2.29. The highest BCUT2D eigenvalue weighted by atomic mass is 19.3. The molecule has 2 atom stereocenters. The minimum absolute atomic E-state index is 0.221. The van der Waals surface area contributed by atoms with Crippen molar-refractivity contribution >= 4 is 17.5 Å². The van der Waals surface area contributed by atoms with E-state index in [9.17, 15) is 23.5 Å². The van der Waals surface area contributed by atoms with Crippen LogP contribution in [0.2, 0.25) is 0 Å². The van der Waals surface area contributed by atoms with Crippen molar-refractivity contribution in [1.29, 1.82) is 0 Å². The molecule has 26 heavy (non-hydrogen) atoms. The number of aliphatic hydroxyl groups is 1. The number of amides is 2. The lowest BCUT2D eigenvalue weighted by Crippen LogP contribution is -2.51. The number of anilines is 1. The number of hydrogen-bond acceptors (Lipinski definition) is 5. The van der Waals surface area contributed by atoms with Gasteiger partial charge in [-0.1, -0.05) is 18.2 Å². The summed E-state index contributed by atoms with van der Waals surface area (Å²) in [7, 11) is 0. The van der Waals surface area contributed by atoms with Gasteiger partial charge in [0.15, 0.2) is 0 Å². The first-order chi connectivity index (χ1) is 12.3. The normalized spacial score (nSPS) is 13.3. The minimum atomic E-state index is -2.92.